The number of halogens is 3. The fourth-order valence-electron chi connectivity index (χ4n) is 5.54. The number of carbonyl (C=O) groups is 2. The van der Waals surface area contributed by atoms with E-state index in [9.17, 15) is 18.0 Å². The van der Waals surface area contributed by atoms with Crippen LogP contribution in [0.4, 0.5) is 13.2 Å². The molecule has 0 unspecified atom stereocenters. The maximum Gasteiger partial charge on any atom is 0.490 e. The van der Waals surface area contributed by atoms with Crippen molar-refractivity contribution in [2.45, 2.75) is 45.0 Å². The first-order valence-corrected chi connectivity index (χ1v) is 14.3. The first-order chi connectivity index (χ1) is 20.6. The van der Waals surface area contributed by atoms with Gasteiger partial charge in [0.25, 0.3) is 5.91 Å². The highest BCUT2D eigenvalue weighted by Crippen LogP contribution is 2.42. The highest BCUT2D eigenvalue weighted by molar-refractivity contribution is 5.94. The Morgan fingerprint density at radius 1 is 0.837 bits per heavy atom. The van der Waals surface area contributed by atoms with E-state index >= 15 is 0 Å². The van der Waals surface area contributed by atoms with Crippen LogP contribution in [0.1, 0.15) is 47.2 Å². The number of alkyl halides is 3. The van der Waals surface area contributed by atoms with Crippen LogP contribution in [0.3, 0.4) is 0 Å². The second-order valence-corrected chi connectivity index (χ2v) is 11.0. The summed E-state index contributed by atoms with van der Waals surface area (Å²) in [6, 6.07) is 26.2. The number of ether oxygens (including phenoxy) is 2. The summed E-state index contributed by atoms with van der Waals surface area (Å²) in [5.74, 6) is -0.863. The summed E-state index contributed by atoms with van der Waals surface area (Å²) < 4.78 is 43.1. The predicted molar refractivity (Wildman–Crippen MR) is 156 cm³/mol. The molecule has 2 aliphatic rings. The zero-order chi connectivity index (χ0) is 30.9. The van der Waals surface area contributed by atoms with Crippen LogP contribution in [-0.2, 0) is 17.9 Å². The molecule has 10 heteroatoms. The Kier molecular flexibility index (Phi) is 10.7. The van der Waals surface area contributed by atoms with Gasteiger partial charge < -0.3 is 19.5 Å². The van der Waals surface area contributed by atoms with Crippen LogP contribution in [0.2, 0.25) is 0 Å². The number of hydrogen-bond acceptors (Lipinski definition) is 5. The first kappa shape index (κ1) is 31.9. The third-order valence-electron chi connectivity index (χ3n) is 8.21. The van der Waals surface area contributed by atoms with E-state index in [2.05, 4.69) is 41.3 Å². The van der Waals surface area contributed by atoms with Gasteiger partial charge in [-0.3, -0.25) is 9.69 Å². The fourth-order valence-corrected chi connectivity index (χ4v) is 5.54. The summed E-state index contributed by atoms with van der Waals surface area (Å²) in [7, 11) is 1.64. The molecule has 230 valence electrons. The lowest BCUT2D eigenvalue weighted by Gasteiger charge is -2.47. The summed E-state index contributed by atoms with van der Waals surface area (Å²) in [4.78, 5) is 26.5. The van der Waals surface area contributed by atoms with Gasteiger partial charge in [0, 0.05) is 30.8 Å². The fraction of sp³-hybridized carbons (Fsp3) is 0.394. The molecule has 3 aromatic carbocycles. The minimum atomic E-state index is -5.08. The summed E-state index contributed by atoms with van der Waals surface area (Å²) in [6.07, 6.45) is -0.492. The molecule has 1 spiro atoms. The average Bonchev–Trinajstić information content (AvgIpc) is 3.02. The molecule has 2 saturated heterocycles. The van der Waals surface area contributed by atoms with Crippen LogP contribution >= 0.6 is 0 Å². The molecule has 0 aromatic heterocycles. The smallest absolute Gasteiger partial charge is 0.490 e. The molecule has 2 fully saturated rings. The minimum Gasteiger partial charge on any atom is -0.497 e. The first-order valence-electron chi connectivity index (χ1n) is 14.3. The molecule has 0 bridgehead atoms. The summed E-state index contributed by atoms with van der Waals surface area (Å²) in [5, 5.41) is 7.12. The number of nitrogens with zero attached hydrogens (tertiary/aromatic N) is 2. The van der Waals surface area contributed by atoms with Crippen molar-refractivity contribution in [2.75, 3.05) is 33.3 Å². The van der Waals surface area contributed by atoms with Gasteiger partial charge in [0.2, 0.25) is 0 Å². The van der Waals surface area contributed by atoms with E-state index in [-0.39, 0.29) is 5.91 Å². The predicted octanol–water partition coefficient (Wildman–Crippen LogP) is 6.43. The van der Waals surface area contributed by atoms with Crippen LogP contribution in [0.5, 0.6) is 11.5 Å². The van der Waals surface area contributed by atoms with Gasteiger partial charge in [0.1, 0.15) is 18.1 Å². The molecule has 43 heavy (non-hydrogen) atoms. The summed E-state index contributed by atoms with van der Waals surface area (Å²) >= 11 is 0. The Morgan fingerprint density at radius 2 is 1.40 bits per heavy atom. The van der Waals surface area contributed by atoms with Crippen LogP contribution in [0.25, 0.3) is 0 Å². The number of carbonyl (C=O) groups excluding carboxylic acids is 1. The third-order valence-corrected chi connectivity index (χ3v) is 8.21. The van der Waals surface area contributed by atoms with E-state index in [4.69, 9.17) is 19.4 Å². The van der Waals surface area contributed by atoms with Crippen molar-refractivity contribution in [2.24, 2.45) is 5.41 Å². The summed E-state index contributed by atoms with van der Waals surface area (Å²) in [6.45, 7) is 5.40. The number of likely N-dealkylation sites (tertiary alicyclic amines) is 2. The van der Waals surface area contributed by atoms with Gasteiger partial charge in [-0.25, -0.2) is 4.79 Å². The Bertz CT molecular complexity index is 1330. The van der Waals surface area contributed by atoms with E-state index in [0.29, 0.717) is 12.0 Å². The Hall–Kier alpha value is -4.05. The van der Waals surface area contributed by atoms with Crippen LogP contribution in [0.15, 0.2) is 78.9 Å². The quantitative estimate of drug-likeness (QED) is 0.338. The molecular formula is C33H37F3N2O5. The number of para-hydroxylation sites is 1. The molecule has 0 saturated carbocycles. The number of benzene rings is 3. The third kappa shape index (κ3) is 8.97. The van der Waals surface area contributed by atoms with E-state index in [1.807, 2.05) is 47.4 Å². The highest BCUT2D eigenvalue weighted by atomic mass is 19.4. The normalized spacial score (nSPS) is 16.6. The Labute approximate surface area is 249 Å². The molecule has 0 aliphatic carbocycles. The second-order valence-electron chi connectivity index (χ2n) is 11.0. The van der Waals surface area contributed by atoms with Crippen LogP contribution < -0.4 is 9.47 Å². The standard InChI is InChI=1S/C31H36N2O3.C2HF3O2/c1-35-28-13-11-26(12-14-28)30(34)33-21-17-31(18-22-33)15-19-32(20-16-31)23-27-9-5-6-10-29(27)36-24-25-7-3-2-4-8-25;3-2(4,5)1(6)7/h2-14H,15-24H2,1H3;(H,6,7). The van der Waals surface area contributed by atoms with Crippen molar-refractivity contribution in [3.8, 4) is 11.5 Å². The van der Waals surface area contributed by atoms with Crippen molar-refractivity contribution in [3.63, 3.8) is 0 Å². The molecule has 0 atom stereocenters. The molecule has 2 heterocycles. The molecule has 5 rings (SSSR count). The number of piperidine rings is 2. The maximum absolute atomic E-state index is 13.0. The highest BCUT2D eigenvalue weighted by Gasteiger charge is 2.39. The number of aliphatic carboxylic acids is 1. The largest absolute Gasteiger partial charge is 0.497 e. The van der Waals surface area contributed by atoms with E-state index in [1.165, 1.54) is 24.0 Å². The zero-order valence-electron chi connectivity index (χ0n) is 24.2. The molecule has 3 aromatic rings. The van der Waals surface area contributed by atoms with Crippen LogP contribution in [-0.4, -0.2) is 66.2 Å². The van der Waals surface area contributed by atoms with Gasteiger partial charge in [-0.2, -0.15) is 13.2 Å². The van der Waals surface area contributed by atoms with Gasteiger partial charge in [-0.1, -0.05) is 48.5 Å². The van der Waals surface area contributed by atoms with E-state index in [0.717, 1.165) is 62.6 Å². The Balaban J connectivity index is 0.000000541. The molecule has 0 radical (unpaired) electrons. The minimum absolute atomic E-state index is 0.136. The van der Waals surface area contributed by atoms with Crippen molar-refractivity contribution in [3.05, 3.63) is 95.6 Å². The monoisotopic (exact) mass is 598 g/mol. The van der Waals surface area contributed by atoms with Crippen LogP contribution in [0, 0.1) is 5.41 Å². The van der Waals surface area contributed by atoms with E-state index in [1.54, 1.807) is 7.11 Å². The number of methoxy groups -OCH3 is 1. The van der Waals surface area contributed by atoms with Gasteiger partial charge in [0.05, 0.1) is 7.11 Å². The van der Waals surface area contributed by atoms with Crippen molar-refractivity contribution in [1.82, 2.24) is 9.80 Å². The van der Waals surface area contributed by atoms with Gasteiger partial charge in [0.15, 0.2) is 0 Å². The van der Waals surface area contributed by atoms with Crippen molar-refractivity contribution >= 4 is 11.9 Å². The molecule has 1 N–H and O–H groups in total. The number of amides is 1. The zero-order valence-corrected chi connectivity index (χ0v) is 24.2. The second kappa shape index (κ2) is 14.4. The molecule has 1 amide bonds. The van der Waals surface area contributed by atoms with Crippen molar-refractivity contribution < 1.29 is 37.3 Å². The van der Waals surface area contributed by atoms with Gasteiger partial charge in [-0.15, -0.1) is 0 Å². The number of rotatable bonds is 7. The molecule has 7 nitrogen and oxygen atoms in total. The van der Waals surface area contributed by atoms with Gasteiger partial charge >= 0.3 is 12.1 Å². The Morgan fingerprint density at radius 3 is 1.98 bits per heavy atom. The average molecular weight is 599 g/mol. The lowest BCUT2D eigenvalue weighted by atomic mass is 9.71. The SMILES string of the molecule is COc1ccc(C(=O)N2CCC3(CCN(Cc4ccccc4OCc4ccccc4)CC3)CC2)cc1.O=C(O)C(F)(F)F. The topological polar surface area (TPSA) is 79.3 Å². The number of carboxylic acid groups (broad SMARTS) is 1. The van der Waals surface area contributed by atoms with Gasteiger partial charge in [-0.05, 0) is 80.1 Å². The number of hydrogen-bond donors (Lipinski definition) is 1. The number of carboxylic acids is 1. The van der Waals surface area contributed by atoms with Crippen molar-refractivity contribution in [1.29, 1.82) is 0 Å². The molecular weight excluding hydrogens is 561 g/mol. The molecule has 2 aliphatic heterocycles. The maximum atomic E-state index is 13.0. The lowest BCUT2D eigenvalue weighted by molar-refractivity contribution is -0.192. The van der Waals surface area contributed by atoms with E-state index < -0.39 is 12.1 Å². The summed E-state index contributed by atoms with van der Waals surface area (Å²) in [5.41, 5.74) is 3.55. The lowest BCUT2D eigenvalue weighted by Crippen LogP contribution is -2.48.